The number of rotatable bonds is 2. The molecule has 1 aliphatic rings. The average molecular weight is 385 g/mol. The van der Waals surface area contributed by atoms with E-state index in [0.717, 1.165) is 28.9 Å². The van der Waals surface area contributed by atoms with Crippen molar-refractivity contribution in [3.8, 4) is 11.1 Å². The van der Waals surface area contributed by atoms with Gasteiger partial charge in [0.2, 0.25) is 0 Å². The van der Waals surface area contributed by atoms with Crippen LogP contribution in [0, 0.1) is 19.7 Å². The monoisotopic (exact) mass is 385 g/mol. The minimum Gasteiger partial charge on any atom is -0.294 e. The van der Waals surface area contributed by atoms with Crippen LogP contribution in [0.2, 0.25) is 0 Å². The second-order valence-electron chi connectivity index (χ2n) is 7.71. The van der Waals surface area contributed by atoms with Gasteiger partial charge in [-0.1, -0.05) is 36.4 Å². The molecule has 4 nitrogen and oxygen atoms in total. The highest BCUT2D eigenvalue weighted by atomic mass is 19.1. The lowest BCUT2D eigenvalue weighted by molar-refractivity contribution is 0.0962. The summed E-state index contributed by atoms with van der Waals surface area (Å²) in [6.45, 7) is 4.01. The number of aryl methyl sites for hydroxylation is 2. The molecule has 2 aromatic carbocycles. The van der Waals surface area contributed by atoms with E-state index in [1.54, 1.807) is 18.3 Å². The van der Waals surface area contributed by atoms with E-state index in [-0.39, 0.29) is 17.5 Å². The topological polar surface area (TPSA) is 47.3 Å². The number of ketones is 1. The Morgan fingerprint density at radius 3 is 2.55 bits per heavy atom. The molecule has 5 rings (SSSR count). The second kappa shape index (κ2) is 6.62. The van der Waals surface area contributed by atoms with Crippen molar-refractivity contribution in [2.45, 2.75) is 32.6 Å². The van der Waals surface area contributed by atoms with Crippen molar-refractivity contribution in [2.24, 2.45) is 0 Å². The van der Waals surface area contributed by atoms with Crippen LogP contribution < -0.4 is 0 Å². The van der Waals surface area contributed by atoms with Crippen molar-refractivity contribution in [1.29, 1.82) is 0 Å². The van der Waals surface area contributed by atoms with Crippen LogP contribution in [0.3, 0.4) is 0 Å². The number of carbonyl (C=O) groups is 1. The van der Waals surface area contributed by atoms with E-state index in [0.29, 0.717) is 17.6 Å². The van der Waals surface area contributed by atoms with Gasteiger partial charge < -0.3 is 0 Å². The fraction of sp³-hybridized carbons (Fsp3) is 0.208. The maximum absolute atomic E-state index is 13.4. The lowest BCUT2D eigenvalue weighted by Crippen LogP contribution is -2.23. The van der Waals surface area contributed by atoms with Gasteiger partial charge in [-0.05, 0) is 55.0 Å². The molecule has 0 spiro atoms. The van der Waals surface area contributed by atoms with E-state index in [2.05, 4.69) is 24.0 Å². The standard InChI is InChI=1S/C24H20FN3O/c1-14-5-3-4-6-19(14)17-11-21-20(22(29)12-17)13-26-24-23(15(2)27-28(21)24)16-7-9-18(25)10-8-16/h3-10,13,17H,11-12H2,1-2H3/t17-/m0/s1. The number of nitrogens with zero attached hydrogens (tertiary/aromatic N) is 3. The number of carbonyl (C=O) groups excluding carboxylic acids is 1. The molecule has 0 bridgehead atoms. The molecule has 5 heteroatoms. The van der Waals surface area contributed by atoms with Crippen LogP contribution in [-0.2, 0) is 6.42 Å². The van der Waals surface area contributed by atoms with Crippen LogP contribution in [0.15, 0.2) is 54.7 Å². The predicted octanol–water partition coefficient (Wildman–Crippen LogP) is 5.06. The van der Waals surface area contributed by atoms with Crippen LogP contribution in [-0.4, -0.2) is 20.4 Å². The number of hydrogen-bond donors (Lipinski definition) is 0. The molecule has 2 aromatic heterocycles. The van der Waals surface area contributed by atoms with E-state index in [1.165, 1.54) is 23.3 Å². The largest absolute Gasteiger partial charge is 0.294 e. The Bertz CT molecular complexity index is 1260. The molecule has 0 unspecified atom stereocenters. The van der Waals surface area contributed by atoms with E-state index in [9.17, 15) is 9.18 Å². The summed E-state index contributed by atoms with van der Waals surface area (Å²) in [6.07, 6.45) is 2.89. The highest BCUT2D eigenvalue weighted by Gasteiger charge is 2.30. The first-order valence-corrected chi connectivity index (χ1v) is 9.75. The summed E-state index contributed by atoms with van der Waals surface area (Å²) in [5.74, 6) is -0.0501. The van der Waals surface area contributed by atoms with Crippen LogP contribution in [0.25, 0.3) is 16.8 Å². The lowest BCUT2D eigenvalue weighted by atomic mass is 9.80. The van der Waals surface area contributed by atoms with E-state index >= 15 is 0 Å². The van der Waals surface area contributed by atoms with Crippen molar-refractivity contribution >= 4 is 11.4 Å². The SMILES string of the molecule is Cc1ccccc1[C@@H]1CC(=O)c2cnc3c(-c4ccc(F)cc4)c(C)nn3c2C1. The molecule has 0 saturated carbocycles. The molecule has 1 atom stereocenters. The van der Waals surface area contributed by atoms with Crippen LogP contribution in [0.1, 0.15) is 45.2 Å². The van der Waals surface area contributed by atoms with Gasteiger partial charge >= 0.3 is 0 Å². The maximum atomic E-state index is 13.4. The van der Waals surface area contributed by atoms with Gasteiger partial charge in [-0.25, -0.2) is 13.9 Å². The third-order valence-corrected chi connectivity index (χ3v) is 5.85. The molecule has 0 radical (unpaired) electrons. The fourth-order valence-corrected chi connectivity index (χ4v) is 4.42. The van der Waals surface area contributed by atoms with E-state index in [1.807, 2.05) is 23.6 Å². The number of hydrogen-bond acceptors (Lipinski definition) is 3. The molecule has 0 saturated heterocycles. The second-order valence-corrected chi connectivity index (χ2v) is 7.71. The zero-order valence-corrected chi connectivity index (χ0v) is 16.3. The first-order valence-electron chi connectivity index (χ1n) is 9.75. The molecule has 0 aliphatic heterocycles. The zero-order chi connectivity index (χ0) is 20.1. The first-order chi connectivity index (χ1) is 14.0. The quantitative estimate of drug-likeness (QED) is 0.484. The fourth-order valence-electron chi connectivity index (χ4n) is 4.42. The van der Waals surface area contributed by atoms with Gasteiger partial charge in [-0.3, -0.25) is 4.79 Å². The number of benzene rings is 2. The zero-order valence-electron chi connectivity index (χ0n) is 16.3. The van der Waals surface area contributed by atoms with Gasteiger partial charge in [0.25, 0.3) is 0 Å². The summed E-state index contributed by atoms with van der Waals surface area (Å²) in [5.41, 5.74) is 7.20. The third kappa shape index (κ3) is 2.85. The minimum absolute atomic E-state index is 0.102. The Balaban J connectivity index is 1.67. The molecule has 2 heterocycles. The third-order valence-electron chi connectivity index (χ3n) is 5.85. The van der Waals surface area contributed by atoms with Gasteiger partial charge in [0.15, 0.2) is 11.4 Å². The maximum Gasteiger partial charge on any atom is 0.166 e. The predicted molar refractivity (Wildman–Crippen MR) is 110 cm³/mol. The van der Waals surface area contributed by atoms with E-state index in [4.69, 9.17) is 5.10 Å². The number of fused-ring (bicyclic) bond motifs is 3. The van der Waals surface area contributed by atoms with Crippen molar-refractivity contribution < 1.29 is 9.18 Å². The Hall–Kier alpha value is -3.34. The number of aromatic nitrogens is 3. The molecule has 0 amide bonds. The summed E-state index contributed by atoms with van der Waals surface area (Å²) in [4.78, 5) is 17.5. The summed E-state index contributed by atoms with van der Waals surface area (Å²) < 4.78 is 15.2. The number of halogens is 1. The summed E-state index contributed by atoms with van der Waals surface area (Å²) in [7, 11) is 0. The summed E-state index contributed by atoms with van der Waals surface area (Å²) in [5, 5.41) is 4.72. The van der Waals surface area contributed by atoms with Gasteiger partial charge in [-0.2, -0.15) is 5.10 Å². The lowest BCUT2D eigenvalue weighted by Gasteiger charge is -2.25. The minimum atomic E-state index is -0.278. The number of Topliss-reactive ketones (excluding diaryl/α,β-unsaturated/α-hetero) is 1. The molecule has 0 fully saturated rings. The van der Waals surface area contributed by atoms with Crippen molar-refractivity contribution in [3.63, 3.8) is 0 Å². The molecular formula is C24H20FN3O. The molecule has 144 valence electrons. The Morgan fingerprint density at radius 1 is 1.03 bits per heavy atom. The summed E-state index contributed by atoms with van der Waals surface area (Å²) >= 11 is 0. The van der Waals surface area contributed by atoms with Crippen molar-refractivity contribution in [2.75, 3.05) is 0 Å². The molecule has 0 N–H and O–H groups in total. The first kappa shape index (κ1) is 17.7. The molecule has 29 heavy (non-hydrogen) atoms. The average Bonchev–Trinajstić information content (AvgIpc) is 3.05. The van der Waals surface area contributed by atoms with Crippen molar-refractivity contribution in [1.82, 2.24) is 14.6 Å². The molecule has 1 aliphatic carbocycles. The van der Waals surface area contributed by atoms with Crippen LogP contribution >= 0.6 is 0 Å². The Kier molecular flexibility index (Phi) is 4.05. The van der Waals surface area contributed by atoms with Gasteiger partial charge in [0, 0.05) is 18.2 Å². The van der Waals surface area contributed by atoms with Crippen LogP contribution in [0.5, 0.6) is 0 Å². The Morgan fingerprint density at radius 2 is 1.79 bits per heavy atom. The normalized spacial score (nSPS) is 16.2. The summed E-state index contributed by atoms with van der Waals surface area (Å²) in [6, 6.07) is 14.6. The molecular weight excluding hydrogens is 365 g/mol. The van der Waals surface area contributed by atoms with Crippen LogP contribution in [0.4, 0.5) is 4.39 Å². The van der Waals surface area contributed by atoms with Gasteiger partial charge in [-0.15, -0.1) is 0 Å². The smallest absolute Gasteiger partial charge is 0.166 e. The van der Waals surface area contributed by atoms with Crippen molar-refractivity contribution in [3.05, 3.63) is 88.6 Å². The van der Waals surface area contributed by atoms with Gasteiger partial charge in [0.05, 0.1) is 17.0 Å². The Labute approximate surface area is 168 Å². The highest BCUT2D eigenvalue weighted by Crippen LogP contribution is 2.36. The highest BCUT2D eigenvalue weighted by molar-refractivity contribution is 5.99. The van der Waals surface area contributed by atoms with E-state index < -0.39 is 0 Å². The molecule has 4 aromatic rings. The van der Waals surface area contributed by atoms with Gasteiger partial charge in [0.1, 0.15) is 5.82 Å².